The number of aliphatic imine (C=N–C) groups is 1. The summed E-state index contributed by atoms with van der Waals surface area (Å²) >= 11 is 5.61. The Balaban J connectivity index is 1.60. The third-order valence-corrected chi connectivity index (χ3v) is 4.38. The molecule has 0 aliphatic carbocycles. The molecule has 0 saturated heterocycles. The maximum Gasteiger partial charge on any atom is 0.288 e. The second-order valence-corrected chi connectivity index (χ2v) is 6.36. The minimum atomic E-state index is -0.707. The Kier molecular flexibility index (Phi) is 4.95. The lowest BCUT2D eigenvalue weighted by molar-refractivity contribution is -0.137. The number of hydrogen-bond acceptors (Lipinski definition) is 3. The Morgan fingerprint density at radius 1 is 1.28 bits per heavy atom. The van der Waals surface area contributed by atoms with Crippen LogP contribution < -0.4 is 5.32 Å². The summed E-state index contributed by atoms with van der Waals surface area (Å²) in [7, 11) is 0. The van der Waals surface area contributed by atoms with Crippen molar-refractivity contribution in [2.45, 2.75) is 25.8 Å². The van der Waals surface area contributed by atoms with Gasteiger partial charge in [0.25, 0.3) is 5.91 Å². The molecule has 2 aromatic carbocycles. The summed E-state index contributed by atoms with van der Waals surface area (Å²) in [5.41, 5.74) is 3.20. The van der Waals surface area contributed by atoms with Gasteiger partial charge in [-0.3, -0.25) is 14.6 Å². The molecular formula is C19H16ClFN2O2. The van der Waals surface area contributed by atoms with E-state index < -0.39 is 17.5 Å². The number of benzene rings is 2. The molecule has 1 atom stereocenters. The van der Waals surface area contributed by atoms with Crippen LogP contribution in [0.25, 0.3) is 0 Å². The quantitative estimate of drug-likeness (QED) is 0.832. The van der Waals surface area contributed by atoms with E-state index in [0.717, 1.165) is 23.0 Å². The molecule has 128 valence electrons. The topological polar surface area (TPSA) is 58.5 Å². The standard InChI is InChI=1S/C19H16ClFN2O2/c1-11(17-10-13-4-2-3-5-16(13)23-17)22-19(25)18(24)9-12-6-7-14(20)15(21)8-12/h2-8,11H,9-10H2,1H3,(H,22,25)/t11-/m0/s1. The molecular weight excluding hydrogens is 343 g/mol. The average molecular weight is 359 g/mol. The zero-order chi connectivity index (χ0) is 18.0. The summed E-state index contributed by atoms with van der Waals surface area (Å²) < 4.78 is 13.4. The Hall–Kier alpha value is -2.53. The fourth-order valence-electron chi connectivity index (χ4n) is 2.68. The number of fused-ring (bicyclic) bond motifs is 1. The molecule has 0 radical (unpaired) electrons. The number of halogens is 2. The fourth-order valence-corrected chi connectivity index (χ4v) is 2.80. The van der Waals surface area contributed by atoms with Gasteiger partial charge in [0.2, 0.25) is 5.78 Å². The number of nitrogens with zero attached hydrogens (tertiary/aromatic N) is 1. The van der Waals surface area contributed by atoms with Crippen LogP contribution in [-0.2, 0) is 22.4 Å². The first kappa shape index (κ1) is 17.3. The third kappa shape index (κ3) is 3.94. The van der Waals surface area contributed by atoms with Crippen LogP contribution in [0.3, 0.4) is 0 Å². The van der Waals surface area contributed by atoms with Gasteiger partial charge in [-0.15, -0.1) is 0 Å². The van der Waals surface area contributed by atoms with E-state index >= 15 is 0 Å². The zero-order valence-electron chi connectivity index (χ0n) is 13.6. The van der Waals surface area contributed by atoms with Gasteiger partial charge >= 0.3 is 0 Å². The number of amides is 1. The monoisotopic (exact) mass is 358 g/mol. The number of nitrogens with one attached hydrogen (secondary N) is 1. The first-order valence-corrected chi connectivity index (χ1v) is 8.25. The largest absolute Gasteiger partial charge is 0.342 e. The minimum Gasteiger partial charge on any atom is -0.342 e. The van der Waals surface area contributed by atoms with Crippen molar-refractivity contribution < 1.29 is 14.0 Å². The molecule has 1 N–H and O–H groups in total. The van der Waals surface area contributed by atoms with Gasteiger partial charge in [-0.05, 0) is 36.2 Å². The molecule has 0 aromatic heterocycles. The number of carbonyl (C=O) groups is 2. The highest BCUT2D eigenvalue weighted by molar-refractivity contribution is 6.37. The van der Waals surface area contributed by atoms with Crippen LogP contribution in [0.5, 0.6) is 0 Å². The molecule has 1 aliphatic rings. The summed E-state index contributed by atoms with van der Waals surface area (Å²) in [6.45, 7) is 1.79. The zero-order valence-corrected chi connectivity index (χ0v) is 14.3. The van der Waals surface area contributed by atoms with Crippen LogP contribution in [0.2, 0.25) is 5.02 Å². The molecule has 0 spiro atoms. The lowest BCUT2D eigenvalue weighted by atomic mass is 10.1. The van der Waals surface area contributed by atoms with E-state index in [9.17, 15) is 14.0 Å². The van der Waals surface area contributed by atoms with E-state index in [2.05, 4.69) is 10.3 Å². The summed E-state index contributed by atoms with van der Waals surface area (Å²) in [4.78, 5) is 28.7. The van der Waals surface area contributed by atoms with Crippen molar-refractivity contribution in [3.05, 3.63) is 64.4 Å². The predicted octanol–water partition coefficient (Wildman–Crippen LogP) is 3.42. The Labute approximate surface area is 149 Å². The Morgan fingerprint density at radius 3 is 2.76 bits per heavy atom. The minimum absolute atomic E-state index is 0.0203. The van der Waals surface area contributed by atoms with Gasteiger partial charge in [0.1, 0.15) is 5.82 Å². The molecule has 1 aliphatic heterocycles. The SMILES string of the molecule is C[C@H](NC(=O)C(=O)Cc1ccc(Cl)c(F)c1)C1=Nc2ccccc2C1. The van der Waals surface area contributed by atoms with Gasteiger partial charge in [0, 0.05) is 18.6 Å². The maximum atomic E-state index is 13.4. The van der Waals surface area contributed by atoms with Crippen molar-refractivity contribution in [3.8, 4) is 0 Å². The average Bonchev–Trinajstić information content (AvgIpc) is 3.02. The predicted molar refractivity (Wildman–Crippen MR) is 95.0 cm³/mol. The van der Waals surface area contributed by atoms with Crippen molar-refractivity contribution in [3.63, 3.8) is 0 Å². The van der Waals surface area contributed by atoms with Crippen LogP contribution in [0.4, 0.5) is 10.1 Å². The Morgan fingerprint density at radius 2 is 2.04 bits per heavy atom. The van der Waals surface area contributed by atoms with E-state index in [0.29, 0.717) is 12.0 Å². The number of rotatable bonds is 5. The molecule has 0 fully saturated rings. The maximum absolute atomic E-state index is 13.4. The number of para-hydroxylation sites is 1. The van der Waals surface area contributed by atoms with Gasteiger partial charge < -0.3 is 5.32 Å². The highest BCUT2D eigenvalue weighted by atomic mass is 35.5. The van der Waals surface area contributed by atoms with Crippen molar-refractivity contribution in [2.75, 3.05) is 0 Å². The number of Topliss-reactive ketones (excluding diaryl/α,β-unsaturated/α-hetero) is 1. The normalized spacial score (nSPS) is 13.8. The lowest BCUT2D eigenvalue weighted by Gasteiger charge is -2.13. The number of carbonyl (C=O) groups excluding carboxylic acids is 2. The summed E-state index contributed by atoms with van der Waals surface area (Å²) in [5.74, 6) is -1.95. The van der Waals surface area contributed by atoms with E-state index in [1.165, 1.54) is 12.1 Å². The highest BCUT2D eigenvalue weighted by Gasteiger charge is 2.23. The van der Waals surface area contributed by atoms with Gasteiger partial charge in [0.15, 0.2) is 0 Å². The highest BCUT2D eigenvalue weighted by Crippen LogP contribution is 2.26. The van der Waals surface area contributed by atoms with Crippen molar-refractivity contribution >= 4 is 34.7 Å². The van der Waals surface area contributed by atoms with Crippen molar-refractivity contribution in [1.82, 2.24) is 5.32 Å². The summed E-state index contributed by atoms with van der Waals surface area (Å²) in [6.07, 6.45) is 0.466. The molecule has 0 unspecified atom stereocenters. The first-order valence-electron chi connectivity index (χ1n) is 7.87. The number of ketones is 1. The van der Waals surface area contributed by atoms with E-state index in [1.54, 1.807) is 6.92 Å². The van der Waals surface area contributed by atoms with Gasteiger partial charge in [0.05, 0.1) is 16.8 Å². The van der Waals surface area contributed by atoms with Crippen molar-refractivity contribution in [2.24, 2.45) is 4.99 Å². The second kappa shape index (κ2) is 7.15. The summed E-state index contributed by atoms with van der Waals surface area (Å²) in [5, 5.41) is 2.64. The van der Waals surface area contributed by atoms with Gasteiger partial charge in [-0.1, -0.05) is 35.9 Å². The van der Waals surface area contributed by atoms with E-state index in [-0.39, 0.29) is 17.5 Å². The number of hydrogen-bond donors (Lipinski definition) is 1. The van der Waals surface area contributed by atoms with E-state index in [1.807, 2.05) is 24.3 Å². The molecule has 0 saturated carbocycles. The molecule has 4 nitrogen and oxygen atoms in total. The molecule has 0 bridgehead atoms. The molecule has 1 heterocycles. The molecule has 1 amide bonds. The van der Waals surface area contributed by atoms with Crippen molar-refractivity contribution in [1.29, 1.82) is 0 Å². The van der Waals surface area contributed by atoms with E-state index in [4.69, 9.17) is 11.6 Å². The first-order chi connectivity index (χ1) is 11.9. The molecule has 25 heavy (non-hydrogen) atoms. The van der Waals surface area contributed by atoms with Crippen LogP contribution in [0.1, 0.15) is 18.1 Å². The fraction of sp³-hybridized carbons (Fsp3) is 0.211. The van der Waals surface area contributed by atoms with Crippen LogP contribution >= 0.6 is 11.6 Å². The van der Waals surface area contributed by atoms with Gasteiger partial charge in [-0.2, -0.15) is 0 Å². The Bertz CT molecular complexity index is 879. The molecule has 6 heteroatoms. The third-order valence-electron chi connectivity index (χ3n) is 4.08. The van der Waals surface area contributed by atoms with Crippen LogP contribution in [0.15, 0.2) is 47.5 Å². The lowest BCUT2D eigenvalue weighted by Crippen LogP contribution is -2.42. The summed E-state index contributed by atoms with van der Waals surface area (Å²) in [6, 6.07) is 11.4. The van der Waals surface area contributed by atoms with Crippen LogP contribution in [-0.4, -0.2) is 23.4 Å². The second-order valence-electron chi connectivity index (χ2n) is 5.95. The van der Waals surface area contributed by atoms with Gasteiger partial charge in [-0.25, -0.2) is 4.39 Å². The smallest absolute Gasteiger partial charge is 0.288 e. The molecule has 2 aromatic rings. The van der Waals surface area contributed by atoms with Crippen LogP contribution in [0, 0.1) is 5.82 Å². The molecule has 3 rings (SSSR count).